The maximum Gasteiger partial charge on any atom is 0.0704 e. The van der Waals surface area contributed by atoms with Gasteiger partial charge in [0, 0.05) is 11.6 Å². The number of rotatable bonds is 1. The highest BCUT2D eigenvalue weighted by Crippen LogP contribution is 2.32. The fourth-order valence-corrected chi connectivity index (χ4v) is 2.97. The monoisotopic (exact) mass is 241 g/mol. The van der Waals surface area contributed by atoms with Crippen molar-refractivity contribution in [3.8, 4) is 0 Å². The second-order valence-electron chi connectivity index (χ2n) is 5.33. The Hall–Kier alpha value is -1.41. The summed E-state index contributed by atoms with van der Waals surface area (Å²) in [6.07, 6.45) is 7.15. The van der Waals surface area contributed by atoms with Gasteiger partial charge in [0.05, 0.1) is 11.6 Å². The Balaban J connectivity index is 1.92. The summed E-state index contributed by atoms with van der Waals surface area (Å²) in [6.45, 7) is 0. The predicted octanol–water partition coefficient (Wildman–Crippen LogP) is 3.64. The lowest BCUT2D eigenvalue weighted by Crippen LogP contribution is -2.09. The molecule has 1 aromatic carbocycles. The lowest BCUT2D eigenvalue weighted by Gasteiger charge is -2.17. The van der Waals surface area contributed by atoms with Crippen LogP contribution in [0.25, 0.3) is 10.9 Å². The van der Waals surface area contributed by atoms with E-state index in [9.17, 15) is 5.11 Å². The van der Waals surface area contributed by atoms with Gasteiger partial charge in [-0.05, 0) is 42.9 Å². The standard InChI is InChI=1S/C16H19NO/c18-15-6-2-1-4-13(10-15)14-8-7-12-5-3-9-17-16(12)11-14/h3,5,7-9,11,13,15,18H,1-2,4,6,10H2. The van der Waals surface area contributed by atoms with Crippen LogP contribution in [-0.2, 0) is 0 Å². The molecule has 1 aliphatic rings. The second kappa shape index (κ2) is 5.07. The van der Waals surface area contributed by atoms with Crippen LogP contribution < -0.4 is 0 Å². The van der Waals surface area contributed by atoms with E-state index in [-0.39, 0.29) is 6.10 Å². The highest BCUT2D eigenvalue weighted by molar-refractivity contribution is 5.79. The molecule has 3 rings (SSSR count). The van der Waals surface area contributed by atoms with Crippen LogP contribution in [0.3, 0.4) is 0 Å². The van der Waals surface area contributed by atoms with Crippen molar-refractivity contribution in [2.45, 2.75) is 44.1 Å². The van der Waals surface area contributed by atoms with Gasteiger partial charge in [-0.3, -0.25) is 4.98 Å². The summed E-state index contributed by atoms with van der Waals surface area (Å²) in [6, 6.07) is 10.6. The molecule has 0 amide bonds. The number of benzene rings is 1. The van der Waals surface area contributed by atoms with Crippen molar-refractivity contribution in [3.63, 3.8) is 0 Å². The molecule has 0 radical (unpaired) electrons. The van der Waals surface area contributed by atoms with Crippen molar-refractivity contribution >= 4 is 10.9 Å². The first kappa shape index (κ1) is 11.7. The zero-order valence-electron chi connectivity index (χ0n) is 10.5. The third-order valence-corrected chi connectivity index (χ3v) is 4.00. The SMILES string of the molecule is OC1CCCCC(c2ccc3cccnc3c2)C1. The van der Waals surface area contributed by atoms with Crippen LogP contribution in [-0.4, -0.2) is 16.2 Å². The van der Waals surface area contributed by atoms with Crippen molar-refractivity contribution in [3.05, 3.63) is 42.1 Å². The molecule has 0 saturated heterocycles. The third-order valence-electron chi connectivity index (χ3n) is 4.00. The van der Waals surface area contributed by atoms with Crippen LogP contribution in [0.15, 0.2) is 36.5 Å². The Morgan fingerprint density at radius 2 is 2.00 bits per heavy atom. The molecule has 1 aromatic heterocycles. The first-order valence-electron chi connectivity index (χ1n) is 6.86. The quantitative estimate of drug-likeness (QED) is 0.773. The molecule has 1 aliphatic carbocycles. The molecule has 94 valence electrons. The van der Waals surface area contributed by atoms with Crippen LogP contribution in [0.5, 0.6) is 0 Å². The minimum Gasteiger partial charge on any atom is -0.393 e. The topological polar surface area (TPSA) is 33.1 Å². The maximum absolute atomic E-state index is 9.92. The van der Waals surface area contributed by atoms with Crippen molar-refractivity contribution in [2.75, 3.05) is 0 Å². The first-order valence-corrected chi connectivity index (χ1v) is 6.86. The molecule has 2 heteroatoms. The summed E-state index contributed by atoms with van der Waals surface area (Å²) in [5.41, 5.74) is 2.40. The lowest BCUT2D eigenvalue weighted by molar-refractivity contribution is 0.152. The molecule has 1 saturated carbocycles. The molecule has 1 N–H and O–H groups in total. The number of nitrogens with zero attached hydrogens (tertiary/aromatic N) is 1. The number of aliphatic hydroxyl groups excluding tert-OH is 1. The number of hydrogen-bond acceptors (Lipinski definition) is 2. The van der Waals surface area contributed by atoms with E-state index in [1.807, 2.05) is 12.3 Å². The molecular weight excluding hydrogens is 222 g/mol. The van der Waals surface area contributed by atoms with Gasteiger partial charge in [-0.1, -0.05) is 31.0 Å². The van der Waals surface area contributed by atoms with Crippen molar-refractivity contribution in [1.82, 2.24) is 4.98 Å². The van der Waals surface area contributed by atoms with E-state index in [2.05, 4.69) is 29.2 Å². The zero-order valence-corrected chi connectivity index (χ0v) is 10.5. The normalized spacial score (nSPS) is 24.9. The van der Waals surface area contributed by atoms with Gasteiger partial charge in [-0.15, -0.1) is 0 Å². The molecule has 2 atom stereocenters. The van der Waals surface area contributed by atoms with Crippen molar-refractivity contribution in [2.24, 2.45) is 0 Å². The average molecular weight is 241 g/mol. The molecular formula is C16H19NO. The Morgan fingerprint density at radius 1 is 1.11 bits per heavy atom. The fourth-order valence-electron chi connectivity index (χ4n) is 2.97. The molecule has 2 unspecified atom stereocenters. The molecule has 1 heterocycles. The van der Waals surface area contributed by atoms with E-state index in [1.54, 1.807) is 0 Å². The summed E-state index contributed by atoms with van der Waals surface area (Å²) in [7, 11) is 0. The van der Waals surface area contributed by atoms with Gasteiger partial charge in [0.25, 0.3) is 0 Å². The predicted molar refractivity (Wildman–Crippen MR) is 73.6 cm³/mol. The van der Waals surface area contributed by atoms with Gasteiger partial charge in [0.2, 0.25) is 0 Å². The molecule has 2 aromatic rings. The molecule has 18 heavy (non-hydrogen) atoms. The molecule has 1 fully saturated rings. The summed E-state index contributed by atoms with van der Waals surface area (Å²) >= 11 is 0. The first-order chi connectivity index (χ1) is 8.83. The van der Waals surface area contributed by atoms with E-state index >= 15 is 0 Å². The van der Waals surface area contributed by atoms with Crippen molar-refractivity contribution < 1.29 is 5.11 Å². The Morgan fingerprint density at radius 3 is 2.94 bits per heavy atom. The number of hydrogen-bond donors (Lipinski definition) is 1. The van der Waals surface area contributed by atoms with Crippen LogP contribution >= 0.6 is 0 Å². The second-order valence-corrected chi connectivity index (χ2v) is 5.33. The van der Waals surface area contributed by atoms with Gasteiger partial charge in [0.15, 0.2) is 0 Å². The van der Waals surface area contributed by atoms with E-state index in [0.29, 0.717) is 5.92 Å². The highest BCUT2D eigenvalue weighted by Gasteiger charge is 2.20. The van der Waals surface area contributed by atoms with E-state index in [1.165, 1.54) is 23.8 Å². The number of fused-ring (bicyclic) bond motifs is 1. The third kappa shape index (κ3) is 2.39. The van der Waals surface area contributed by atoms with E-state index < -0.39 is 0 Å². The molecule has 0 aliphatic heterocycles. The Kier molecular flexibility index (Phi) is 3.28. The van der Waals surface area contributed by atoms with E-state index in [4.69, 9.17) is 0 Å². The van der Waals surface area contributed by atoms with Crippen LogP contribution in [0.2, 0.25) is 0 Å². The van der Waals surface area contributed by atoms with Gasteiger partial charge in [-0.2, -0.15) is 0 Å². The van der Waals surface area contributed by atoms with Gasteiger partial charge in [0.1, 0.15) is 0 Å². The summed E-state index contributed by atoms with van der Waals surface area (Å²) in [5, 5.41) is 11.1. The fraction of sp³-hybridized carbons (Fsp3) is 0.438. The summed E-state index contributed by atoms with van der Waals surface area (Å²) < 4.78 is 0. The Bertz CT molecular complexity index is 537. The number of aliphatic hydroxyl groups is 1. The minimum absolute atomic E-state index is 0.128. The largest absolute Gasteiger partial charge is 0.393 e. The Labute approximate surface area is 108 Å². The highest BCUT2D eigenvalue weighted by atomic mass is 16.3. The lowest BCUT2D eigenvalue weighted by atomic mass is 9.90. The van der Waals surface area contributed by atoms with Crippen LogP contribution in [0.1, 0.15) is 43.6 Å². The summed E-state index contributed by atoms with van der Waals surface area (Å²) in [4.78, 5) is 4.42. The smallest absolute Gasteiger partial charge is 0.0704 e. The van der Waals surface area contributed by atoms with Crippen LogP contribution in [0, 0.1) is 0 Å². The molecule has 2 nitrogen and oxygen atoms in total. The molecule has 0 spiro atoms. The zero-order chi connectivity index (χ0) is 12.4. The number of pyridine rings is 1. The molecule has 0 bridgehead atoms. The van der Waals surface area contributed by atoms with Gasteiger partial charge >= 0.3 is 0 Å². The van der Waals surface area contributed by atoms with E-state index in [0.717, 1.165) is 24.8 Å². The minimum atomic E-state index is -0.128. The van der Waals surface area contributed by atoms with Crippen LogP contribution in [0.4, 0.5) is 0 Å². The summed E-state index contributed by atoms with van der Waals surface area (Å²) in [5.74, 6) is 0.494. The van der Waals surface area contributed by atoms with Gasteiger partial charge in [-0.25, -0.2) is 0 Å². The van der Waals surface area contributed by atoms with Gasteiger partial charge < -0.3 is 5.11 Å². The average Bonchev–Trinajstić information content (AvgIpc) is 2.63. The van der Waals surface area contributed by atoms with Crippen molar-refractivity contribution in [1.29, 1.82) is 0 Å². The number of aromatic nitrogens is 1. The maximum atomic E-state index is 9.92.